The molecule has 0 amide bonds. The van der Waals surface area contributed by atoms with Crippen molar-refractivity contribution < 1.29 is 28.9 Å². The van der Waals surface area contributed by atoms with Crippen molar-refractivity contribution in [3.8, 4) is 0 Å². The summed E-state index contributed by atoms with van der Waals surface area (Å²) >= 11 is 0. The molecule has 1 aliphatic heterocycles. The van der Waals surface area contributed by atoms with Crippen molar-refractivity contribution in [1.82, 2.24) is 4.90 Å². The number of hydrogen-bond acceptors (Lipinski definition) is 4. The number of carbonyl (C=O) groups is 2. The third kappa shape index (κ3) is 3.20. The van der Waals surface area contributed by atoms with Gasteiger partial charge in [0.25, 0.3) is 0 Å². The average molecular weight is 391 g/mol. The Morgan fingerprint density at radius 1 is 1.11 bits per heavy atom. The number of methoxy groups -OCH3 is 1. The van der Waals surface area contributed by atoms with Crippen LogP contribution in [0.3, 0.4) is 0 Å². The highest BCUT2D eigenvalue weighted by atomic mass is 19.1. The summed E-state index contributed by atoms with van der Waals surface area (Å²) in [6.07, 6.45) is 0. The summed E-state index contributed by atoms with van der Waals surface area (Å²) in [5, 5.41) is 20.2. The number of hydrogen-bond donors (Lipinski definition) is 2. The first-order valence-electron chi connectivity index (χ1n) is 9.03. The molecule has 0 bridgehead atoms. The van der Waals surface area contributed by atoms with Gasteiger partial charge in [-0.2, -0.15) is 0 Å². The Balaban J connectivity index is 3.02. The molecule has 0 saturated heterocycles. The molecule has 0 fully saturated rings. The lowest BCUT2D eigenvalue weighted by molar-refractivity contribution is -0.135. The fourth-order valence-corrected chi connectivity index (χ4v) is 4.32. The van der Waals surface area contributed by atoms with Gasteiger partial charge < -0.3 is 19.8 Å². The van der Waals surface area contributed by atoms with Crippen LogP contribution in [0.2, 0.25) is 0 Å². The van der Waals surface area contributed by atoms with E-state index in [2.05, 4.69) is 0 Å². The van der Waals surface area contributed by atoms with E-state index >= 15 is 0 Å². The standard InChI is InChI=1S/C21H26FNO5/c1-12(2)21(15-8-6-7-9-16(15)22)17(19(24)25)13(3)23(10-11-28-5)14(4)18(21)20(26)27/h6-9,12H,10-11H2,1-5H3,(H,24,25)(H,26,27). The lowest BCUT2D eigenvalue weighted by atomic mass is 9.59. The summed E-state index contributed by atoms with van der Waals surface area (Å²) < 4.78 is 20.0. The van der Waals surface area contributed by atoms with Gasteiger partial charge in [0.1, 0.15) is 5.82 Å². The Morgan fingerprint density at radius 2 is 1.61 bits per heavy atom. The number of ether oxygens (including phenoxy) is 1. The van der Waals surface area contributed by atoms with Gasteiger partial charge in [-0.3, -0.25) is 0 Å². The van der Waals surface area contributed by atoms with Crippen molar-refractivity contribution >= 4 is 11.9 Å². The molecule has 6 nitrogen and oxygen atoms in total. The van der Waals surface area contributed by atoms with E-state index in [0.29, 0.717) is 11.4 Å². The molecule has 2 rings (SSSR count). The van der Waals surface area contributed by atoms with Crippen molar-refractivity contribution in [1.29, 1.82) is 0 Å². The Kier molecular flexibility index (Phi) is 6.29. The van der Waals surface area contributed by atoms with Crippen molar-refractivity contribution in [2.75, 3.05) is 20.3 Å². The molecule has 1 heterocycles. The van der Waals surface area contributed by atoms with Crippen LogP contribution in [0, 0.1) is 11.7 Å². The number of benzene rings is 1. The van der Waals surface area contributed by atoms with E-state index in [9.17, 15) is 24.2 Å². The Bertz CT molecular complexity index is 818. The van der Waals surface area contributed by atoms with Crippen LogP contribution < -0.4 is 0 Å². The minimum atomic E-state index is -1.64. The van der Waals surface area contributed by atoms with Gasteiger partial charge in [0.05, 0.1) is 23.2 Å². The second kappa shape index (κ2) is 8.14. The average Bonchev–Trinajstić information content (AvgIpc) is 2.60. The summed E-state index contributed by atoms with van der Waals surface area (Å²) in [6.45, 7) is 7.24. The summed E-state index contributed by atoms with van der Waals surface area (Å²) in [5.74, 6) is -3.72. The predicted molar refractivity (Wildman–Crippen MR) is 102 cm³/mol. The van der Waals surface area contributed by atoms with Crippen molar-refractivity contribution in [2.45, 2.75) is 33.1 Å². The van der Waals surface area contributed by atoms with E-state index in [1.54, 1.807) is 38.7 Å². The van der Waals surface area contributed by atoms with Gasteiger partial charge in [0.2, 0.25) is 0 Å². The Hall–Kier alpha value is -2.67. The number of carboxylic acid groups (broad SMARTS) is 2. The van der Waals surface area contributed by atoms with Crippen LogP contribution in [-0.2, 0) is 19.7 Å². The van der Waals surface area contributed by atoms with Crippen molar-refractivity contribution in [2.24, 2.45) is 5.92 Å². The number of aliphatic carboxylic acids is 2. The summed E-state index contributed by atoms with van der Waals surface area (Å²) in [4.78, 5) is 26.4. The van der Waals surface area contributed by atoms with E-state index in [-0.39, 0.29) is 29.9 Å². The van der Waals surface area contributed by atoms with Gasteiger partial charge in [-0.05, 0) is 25.8 Å². The molecule has 0 radical (unpaired) electrons. The Labute approximate surface area is 163 Å². The first kappa shape index (κ1) is 21.6. The molecule has 0 unspecified atom stereocenters. The van der Waals surface area contributed by atoms with Crippen molar-refractivity contribution in [3.05, 3.63) is 58.2 Å². The SMILES string of the molecule is COCCN1C(C)=C(C(=O)O)C(c2ccccc2F)(C(C)C)C(C(=O)O)=C1C. The van der Waals surface area contributed by atoms with Gasteiger partial charge in [-0.1, -0.05) is 32.0 Å². The fraction of sp³-hybridized carbons (Fsp3) is 0.429. The zero-order valence-electron chi connectivity index (χ0n) is 16.7. The van der Waals surface area contributed by atoms with Crippen LogP contribution in [0.5, 0.6) is 0 Å². The highest BCUT2D eigenvalue weighted by Gasteiger charge is 2.54. The summed E-state index contributed by atoms with van der Waals surface area (Å²) in [6, 6.07) is 5.77. The monoisotopic (exact) mass is 391 g/mol. The molecule has 1 aliphatic rings. The highest BCUT2D eigenvalue weighted by Crippen LogP contribution is 2.52. The second-order valence-electron chi connectivity index (χ2n) is 7.12. The minimum Gasteiger partial charge on any atom is -0.478 e. The van der Waals surface area contributed by atoms with Gasteiger partial charge in [-0.25, -0.2) is 14.0 Å². The van der Waals surface area contributed by atoms with Crippen molar-refractivity contribution in [3.63, 3.8) is 0 Å². The zero-order valence-corrected chi connectivity index (χ0v) is 16.7. The number of halogens is 1. The molecule has 28 heavy (non-hydrogen) atoms. The van der Waals surface area contributed by atoms with E-state index in [4.69, 9.17) is 4.74 Å². The van der Waals surface area contributed by atoms with E-state index < -0.39 is 29.1 Å². The molecule has 0 aliphatic carbocycles. The smallest absolute Gasteiger partial charge is 0.334 e. The third-order valence-electron chi connectivity index (χ3n) is 5.43. The summed E-state index contributed by atoms with van der Waals surface area (Å²) in [5.41, 5.74) is -1.10. The molecule has 1 aromatic rings. The van der Waals surface area contributed by atoms with E-state index in [1.807, 2.05) is 0 Å². The maximum Gasteiger partial charge on any atom is 0.334 e. The molecule has 2 N–H and O–H groups in total. The van der Waals surface area contributed by atoms with Gasteiger partial charge in [0.15, 0.2) is 0 Å². The lowest BCUT2D eigenvalue weighted by Crippen LogP contribution is -2.49. The van der Waals surface area contributed by atoms with Crippen LogP contribution in [-0.4, -0.2) is 47.3 Å². The van der Waals surface area contributed by atoms with E-state index in [1.165, 1.54) is 25.3 Å². The molecule has 1 aromatic carbocycles. The highest BCUT2D eigenvalue weighted by molar-refractivity contribution is 6.00. The number of rotatable bonds is 7. The molecular formula is C21H26FNO5. The zero-order chi connectivity index (χ0) is 21.2. The topological polar surface area (TPSA) is 87.1 Å². The molecule has 0 aromatic heterocycles. The Morgan fingerprint density at radius 3 is 2.00 bits per heavy atom. The van der Waals surface area contributed by atoms with Crippen LogP contribution >= 0.6 is 0 Å². The second-order valence-corrected chi connectivity index (χ2v) is 7.12. The van der Waals surface area contributed by atoms with Gasteiger partial charge >= 0.3 is 11.9 Å². The summed E-state index contributed by atoms with van der Waals surface area (Å²) in [7, 11) is 1.51. The third-order valence-corrected chi connectivity index (χ3v) is 5.43. The quantitative estimate of drug-likeness (QED) is 0.741. The molecule has 7 heteroatoms. The molecule has 0 atom stereocenters. The number of allylic oxidation sites excluding steroid dienone is 2. The van der Waals surface area contributed by atoms with Crippen LogP contribution in [0.25, 0.3) is 0 Å². The first-order chi connectivity index (χ1) is 13.1. The normalized spacial score (nSPS) is 16.8. The molecular weight excluding hydrogens is 365 g/mol. The van der Waals surface area contributed by atoms with Gasteiger partial charge in [-0.15, -0.1) is 0 Å². The lowest BCUT2D eigenvalue weighted by Gasteiger charge is -2.47. The minimum absolute atomic E-state index is 0.0462. The first-order valence-corrected chi connectivity index (χ1v) is 9.03. The maximum atomic E-state index is 14.9. The van der Waals surface area contributed by atoms with Crippen LogP contribution in [0.15, 0.2) is 46.8 Å². The van der Waals surface area contributed by atoms with Crippen LogP contribution in [0.1, 0.15) is 33.3 Å². The predicted octanol–water partition coefficient (Wildman–Crippen LogP) is 3.40. The molecule has 0 saturated carbocycles. The number of nitrogens with zero attached hydrogens (tertiary/aromatic N) is 1. The fourth-order valence-electron chi connectivity index (χ4n) is 4.32. The molecule has 152 valence electrons. The molecule has 0 spiro atoms. The number of carboxylic acids is 2. The van der Waals surface area contributed by atoms with Gasteiger partial charge in [0, 0.05) is 30.6 Å². The maximum absolute atomic E-state index is 14.9. The van der Waals surface area contributed by atoms with Crippen LogP contribution in [0.4, 0.5) is 4.39 Å². The largest absolute Gasteiger partial charge is 0.478 e. The van der Waals surface area contributed by atoms with E-state index in [0.717, 1.165) is 0 Å².